The monoisotopic (exact) mass is 690 g/mol. The first-order chi connectivity index (χ1) is 23.3. The fourth-order valence-corrected chi connectivity index (χ4v) is 6.01. The summed E-state index contributed by atoms with van der Waals surface area (Å²) < 4.78 is 32.4. The smallest absolute Gasteiger partial charge is 0.267 e. The van der Waals surface area contributed by atoms with Crippen molar-refractivity contribution in [2.24, 2.45) is 0 Å². The number of amides is 1. The van der Waals surface area contributed by atoms with Gasteiger partial charge < -0.3 is 10.4 Å². The Labute approximate surface area is 295 Å². The summed E-state index contributed by atoms with van der Waals surface area (Å²) in [5.41, 5.74) is 0. The lowest BCUT2D eigenvalue weighted by Crippen LogP contribution is -2.46. The van der Waals surface area contributed by atoms with E-state index in [2.05, 4.69) is 79.9 Å². The van der Waals surface area contributed by atoms with E-state index in [0.717, 1.165) is 51.4 Å². The van der Waals surface area contributed by atoms with Crippen LogP contribution in [0.5, 0.6) is 0 Å². The molecular formula is C41H71NO5S. The SMILES string of the molecule is CC/C=C\C/C=C\C/C=C\C/C=C\CCCCC(=O)NC(CS(=O)(=O)O)C(O)/C=C/CC/C=C/CCCCCCCCCCCCCC. The van der Waals surface area contributed by atoms with Crippen LogP contribution in [0.2, 0.25) is 0 Å². The molecule has 0 spiro atoms. The van der Waals surface area contributed by atoms with Crippen LogP contribution in [0.25, 0.3) is 0 Å². The summed E-state index contributed by atoms with van der Waals surface area (Å²) in [5.74, 6) is -1.06. The second-order valence-corrected chi connectivity index (χ2v) is 14.3. The molecule has 1 amide bonds. The Kier molecular flexibility index (Phi) is 33.0. The van der Waals surface area contributed by atoms with Gasteiger partial charge in [-0.1, -0.05) is 157 Å². The van der Waals surface area contributed by atoms with Gasteiger partial charge in [0.05, 0.1) is 17.9 Å². The van der Waals surface area contributed by atoms with E-state index in [4.69, 9.17) is 0 Å². The van der Waals surface area contributed by atoms with Gasteiger partial charge in [-0.3, -0.25) is 9.35 Å². The molecule has 2 unspecified atom stereocenters. The zero-order valence-electron chi connectivity index (χ0n) is 30.6. The Bertz CT molecular complexity index is 1030. The summed E-state index contributed by atoms with van der Waals surface area (Å²) in [6.45, 7) is 4.39. The molecule has 276 valence electrons. The van der Waals surface area contributed by atoms with E-state index >= 15 is 0 Å². The lowest BCUT2D eigenvalue weighted by atomic mass is 10.0. The Morgan fingerprint density at radius 3 is 1.56 bits per heavy atom. The van der Waals surface area contributed by atoms with Crippen LogP contribution in [0.1, 0.15) is 162 Å². The highest BCUT2D eigenvalue weighted by Gasteiger charge is 2.24. The summed E-state index contributed by atoms with van der Waals surface area (Å²) in [7, 11) is -4.37. The van der Waals surface area contributed by atoms with Crippen molar-refractivity contribution in [3.05, 3.63) is 72.9 Å². The fourth-order valence-electron chi connectivity index (χ4n) is 5.28. The normalized spacial score (nSPS) is 14.2. The molecule has 3 N–H and O–H groups in total. The molecule has 2 atom stereocenters. The Hall–Kier alpha value is -2.22. The van der Waals surface area contributed by atoms with Gasteiger partial charge in [0.1, 0.15) is 0 Å². The van der Waals surface area contributed by atoms with E-state index in [0.29, 0.717) is 12.8 Å². The molecule has 0 bridgehead atoms. The van der Waals surface area contributed by atoms with E-state index < -0.39 is 28.0 Å². The molecular weight excluding hydrogens is 619 g/mol. The molecule has 0 aliphatic rings. The van der Waals surface area contributed by atoms with Gasteiger partial charge in [-0.2, -0.15) is 8.42 Å². The van der Waals surface area contributed by atoms with Crippen LogP contribution in [0.15, 0.2) is 72.9 Å². The third-order valence-corrected chi connectivity index (χ3v) is 8.90. The Balaban J connectivity index is 4.10. The fraction of sp³-hybridized carbons (Fsp3) is 0.683. The van der Waals surface area contributed by atoms with Crippen molar-refractivity contribution in [2.45, 2.75) is 174 Å². The van der Waals surface area contributed by atoms with Crippen LogP contribution in [0, 0.1) is 0 Å². The summed E-state index contributed by atoms with van der Waals surface area (Å²) in [4.78, 5) is 12.5. The molecule has 0 heterocycles. The molecule has 0 saturated heterocycles. The average Bonchev–Trinajstić information content (AvgIpc) is 3.05. The summed E-state index contributed by atoms with van der Waals surface area (Å²) >= 11 is 0. The number of aliphatic hydroxyl groups is 1. The van der Waals surface area contributed by atoms with E-state index in [1.807, 2.05) is 0 Å². The van der Waals surface area contributed by atoms with Crippen LogP contribution in [0.3, 0.4) is 0 Å². The van der Waals surface area contributed by atoms with Crippen LogP contribution in [-0.4, -0.2) is 41.9 Å². The second kappa shape index (κ2) is 34.6. The van der Waals surface area contributed by atoms with Gasteiger partial charge in [0, 0.05) is 6.42 Å². The number of nitrogens with one attached hydrogen (secondary N) is 1. The molecule has 48 heavy (non-hydrogen) atoms. The van der Waals surface area contributed by atoms with E-state index in [1.54, 1.807) is 6.08 Å². The van der Waals surface area contributed by atoms with Crippen molar-refractivity contribution >= 4 is 16.0 Å². The van der Waals surface area contributed by atoms with Gasteiger partial charge in [-0.05, 0) is 70.6 Å². The van der Waals surface area contributed by atoms with Gasteiger partial charge in [0.15, 0.2) is 0 Å². The topological polar surface area (TPSA) is 104 Å². The largest absolute Gasteiger partial charge is 0.387 e. The lowest BCUT2D eigenvalue weighted by molar-refractivity contribution is -0.122. The van der Waals surface area contributed by atoms with Gasteiger partial charge in [0.25, 0.3) is 10.1 Å². The van der Waals surface area contributed by atoms with Gasteiger partial charge in [-0.25, -0.2) is 0 Å². The molecule has 0 saturated carbocycles. The van der Waals surface area contributed by atoms with Crippen molar-refractivity contribution < 1.29 is 22.9 Å². The minimum atomic E-state index is -4.37. The summed E-state index contributed by atoms with van der Waals surface area (Å²) in [6, 6.07) is -1.10. The quantitative estimate of drug-likeness (QED) is 0.0361. The predicted molar refractivity (Wildman–Crippen MR) is 207 cm³/mol. The second-order valence-electron chi connectivity index (χ2n) is 12.8. The maximum absolute atomic E-state index is 12.5. The molecule has 0 fully saturated rings. The molecule has 0 radical (unpaired) electrons. The predicted octanol–water partition coefficient (Wildman–Crippen LogP) is 11.1. The number of carbonyl (C=O) groups excluding carboxylic acids is 1. The first-order valence-electron chi connectivity index (χ1n) is 19.1. The highest BCUT2D eigenvalue weighted by atomic mass is 32.2. The molecule has 6 nitrogen and oxygen atoms in total. The van der Waals surface area contributed by atoms with E-state index in [9.17, 15) is 22.9 Å². The number of hydrogen-bond donors (Lipinski definition) is 3. The number of aliphatic hydroxyl groups excluding tert-OH is 1. The number of carbonyl (C=O) groups is 1. The summed E-state index contributed by atoms with van der Waals surface area (Å²) in [6.07, 6.45) is 48.9. The zero-order valence-corrected chi connectivity index (χ0v) is 31.4. The standard InChI is InChI=1S/C41H71NO5S/c1-3-5-7-9-11-13-15-17-19-20-21-23-24-26-28-30-32-34-36-40(43)39(38-48(45,46)47)42-41(44)37-35-33-31-29-27-25-22-18-16-14-12-10-8-6-4-2/h6,8,12,14,18,22,26-29,34,36,39-40,43H,3-5,7,9-11,13,15-17,19-21,23-25,30-33,35,37-38H2,1-2H3,(H,42,44)(H,45,46,47)/b8-6-,14-12-,22-18-,28-26+,29-27-,36-34+. The van der Waals surface area contributed by atoms with Crippen LogP contribution in [0.4, 0.5) is 0 Å². The molecule has 0 aromatic heterocycles. The van der Waals surface area contributed by atoms with Crippen molar-refractivity contribution in [3.8, 4) is 0 Å². The zero-order chi connectivity index (χ0) is 35.4. The van der Waals surface area contributed by atoms with Crippen LogP contribution >= 0.6 is 0 Å². The molecule has 0 aliphatic carbocycles. The third-order valence-electron chi connectivity index (χ3n) is 8.12. The van der Waals surface area contributed by atoms with Crippen molar-refractivity contribution in [1.29, 1.82) is 0 Å². The van der Waals surface area contributed by atoms with Crippen LogP contribution < -0.4 is 5.32 Å². The van der Waals surface area contributed by atoms with Gasteiger partial charge in [-0.15, -0.1) is 0 Å². The lowest BCUT2D eigenvalue weighted by Gasteiger charge is -2.21. The minimum absolute atomic E-state index is 0.232. The molecule has 0 rings (SSSR count). The number of rotatable bonds is 33. The number of hydrogen-bond acceptors (Lipinski definition) is 4. The first-order valence-corrected chi connectivity index (χ1v) is 20.7. The molecule has 0 aliphatic heterocycles. The summed E-state index contributed by atoms with van der Waals surface area (Å²) in [5, 5.41) is 13.1. The molecule has 0 aromatic carbocycles. The molecule has 7 heteroatoms. The van der Waals surface area contributed by atoms with Gasteiger partial charge in [0.2, 0.25) is 5.91 Å². The van der Waals surface area contributed by atoms with Gasteiger partial charge >= 0.3 is 0 Å². The Morgan fingerprint density at radius 1 is 0.583 bits per heavy atom. The number of allylic oxidation sites excluding steroid dienone is 11. The molecule has 0 aromatic rings. The van der Waals surface area contributed by atoms with Crippen molar-refractivity contribution in [3.63, 3.8) is 0 Å². The van der Waals surface area contributed by atoms with E-state index in [-0.39, 0.29) is 12.3 Å². The maximum atomic E-state index is 12.5. The highest BCUT2D eigenvalue weighted by molar-refractivity contribution is 7.85. The third kappa shape index (κ3) is 35.1. The highest BCUT2D eigenvalue weighted by Crippen LogP contribution is 2.13. The van der Waals surface area contributed by atoms with Crippen LogP contribution in [-0.2, 0) is 14.9 Å². The average molecular weight is 690 g/mol. The first kappa shape index (κ1) is 45.8. The maximum Gasteiger partial charge on any atom is 0.267 e. The van der Waals surface area contributed by atoms with Crippen molar-refractivity contribution in [1.82, 2.24) is 5.32 Å². The van der Waals surface area contributed by atoms with Crippen molar-refractivity contribution in [2.75, 3.05) is 5.75 Å². The minimum Gasteiger partial charge on any atom is -0.387 e. The number of unbranched alkanes of at least 4 members (excludes halogenated alkanes) is 15. The Morgan fingerprint density at radius 2 is 1.02 bits per heavy atom. The van der Waals surface area contributed by atoms with E-state index in [1.165, 1.54) is 83.1 Å².